The topological polar surface area (TPSA) is 26.3 Å². The maximum atomic E-state index is 9.76. The molecule has 0 atom stereocenters. The van der Waals surface area contributed by atoms with Gasteiger partial charge in [-0.05, 0) is 12.5 Å². The van der Waals surface area contributed by atoms with Crippen molar-refractivity contribution in [1.29, 1.82) is 0 Å². The summed E-state index contributed by atoms with van der Waals surface area (Å²) < 4.78 is 4.54. The molecule has 0 aliphatic heterocycles. The van der Waals surface area contributed by atoms with Crippen LogP contribution in [0.25, 0.3) is 0 Å². The number of aryl methyl sites for hydroxylation is 1. The summed E-state index contributed by atoms with van der Waals surface area (Å²) in [6.45, 7) is 2.90. The van der Waals surface area contributed by atoms with Crippen molar-refractivity contribution in [3.8, 4) is 0 Å². The maximum Gasteiger partial charge on any atom is 0.293 e. The van der Waals surface area contributed by atoms with E-state index in [1.165, 1.54) is 5.56 Å². The van der Waals surface area contributed by atoms with Gasteiger partial charge in [0.15, 0.2) is 0 Å². The van der Waals surface area contributed by atoms with Crippen molar-refractivity contribution >= 4 is 6.47 Å². The van der Waals surface area contributed by atoms with Gasteiger partial charge in [0.1, 0.15) is 6.61 Å². The molecule has 0 saturated heterocycles. The van der Waals surface area contributed by atoms with Crippen LogP contribution in [0.4, 0.5) is 0 Å². The second kappa shape index (κ2) is 8.11. The number of ether oxygens (including phenoxy) is 1. The molecule has 0 radical (unpaired) electrons. The highest BCUT2D eigenvalue weighted by Gasteiger charge is 1.87. The minimum Gasteiger partial charge on any atom is -0.463 e. The molecule has 0 N–H and O–H groups in total. The first-order chi connectivity index (χ1) is 8.33. The van der Waals surface area contributed by atoms with Gasteiger partial charge in [0.2, 0.25) is 0 Å². The Hall–Kier alpha value is -2.09. The SMILES string of the molecule is Cc1ccccc1.O=COCc1ccccc1. The number of benzene rings is 2. The van der Waals surface area contributed by atoms with E-state index in [1.807, 2.05) is 48.5 Å². The van der Waals surface area contributed by atoms with Crippen LogP contribution in [0, 0.1) is 6.92 Å². The van der Waals surface area contributed by atoms with Crippen molar-refractivity contribution in [1.82, 2.24) is 0 Å². The van der Waals surface area contributed by atoms with Crippen molar-refractivity contribution < 1.29 is 9.53 Å². The molecule has 0 aliphatic rings. The quantitative estimate of drug-likeness (QED) is 0.753. The molecule has 2 aromatic carbocycles. The summed E-state index contributed by atoms with van der Waals surface area (Å²) in [5.41, 5.74) is 2.33. The smallest absolute Gasteiger partial charge is 0.293 e. The van der Waals surface area contributed by atoms with E-state index in [1.54, 1.807) is 0 Å². The van der Waals surface area contributed by atoms with Crippen molar-refractivity contribution in [2.75, 3.05) is 0 Å². The Bertz CT molecular complexity index is 409. The van der Waals surface area contributed by atoms with Gasteiger partial charge in [-0.3, -0.25) is 4.79 Å². The fourth-order valence-corrected chi connectivity index (χ4v) is 1.24. The van der Waals surface area contributed by atoms with E-state index < -0.39 is 0 Å². The molecule has 0 aromatic heterocycles. The summed E-state index contributed by atoms with van der Waals surface area (Å²) in [5.74, 6) is 0. The van der Waals surface area contributed by atoms with Crippen LogP contribution in [0.3, 0.4) is 0 Å². The lowest BCUT2D eigenvalue weighted by Crippen LogP contribution is -1.88. The Morgan fingerprint density at radius 1 is 0.941 bits per heavy atom. The van der Waals surface area contributed by atoms with Crippen LogP contribution in [-0.4, -0.2) is 6.47 Å². The van der Waals surface area contributed by atoms with Crippen LogP contribution < -0.4 is 0 Å². The lowest BCUT2D eigenvalue weighted by atomic mass is 10.2. The van der Waals surface area contributed by atoms with Gasteiger partial charge in [0, 0.05) is 0 Å². The van der Waals surface area contributed by atoms with Gasteiger partial charge in [0.05, 0.1) is 0 Å². The molecule has 88 valence electrons. The van der Waals surface area contributed by atoms with Gasteiger partial charge >= 0.3 is 0 Å². The molecule has 2 aromatic rings. The largest absolute Gasteiger partial charge is 0.463 e. The molecule has 0 aliphatic carbocycles. The number of hydrogen-bond acceptors (Lipinski definition) is 2. The minimum atomic E-state index is 0.365. The summed E-state index contributed by atoms with van der Waals surface area (Å²) in [5, 5.41) is 0. The van der Waals surface area contributed by atoms with Crippen molar-refractivity contribution in [3.63, 3.8) is 0 Å². The lowest BCUT2D eigenvalue weighted by Gasteiger charge is -1.95. The van der Waals surface area contributed by atoms with Gasteiger partial charge in [-0.1, -0.05) is 66.2 Å². The molecule has 0 bridgehead atoms. The van der Waals surface area contributed by atoms with Crippen LogP contribution in [-0.2, 0) is 16.1 Å². The van der Waals surface area contributed by atoms with E-state index in [4.69, 9.17) is 0 Å². The van der Waals surface area contributed by atoms with E-state index in [2.05, 4.69) is 23.8 Å². The van der Waals surface area contributed by atoms with Crippen molar-refractivity contribution in [2.24, 2.45) is 0 Å². The summed E-state index contributed by atoms with van der Waals surface area (Å²) in [7, 11) is 0. The third kappa shape index (κ3) is 6.15. The van der Waals surface area contributed by atoms with E-state index in [-0.39, 0.29) is 0 Å². The van der Waals surface area contributed by atoms with Gasteiger partial charge in [0.25, 0.3) is 6.47 Å². The molecular formula is C15H16O2. The minimum absolute atomic E-state index is 0.365. The Morgan fingerprint density at radius 2 is 1.47 bits per heavy atom. The number of carbonyl (C=O) groups excluding carboxylic acids is 1. The molecule has 0 unspecified atom stereocenters. The fraction of sp³-hybridized carbons (Fsp3) is 0.133. The zero-order chi connectivity index (χ0) is 12.3. The van der Waals surface area contributed by atoms with E-state index in [9.17, 15) is 4.79 Å². The third-order valence-electron chi connectivity index (χ3n) is 2.10. The summed E-state index contributed by atoms with van der Waals surface area (Å²) >= 11 is 0. The summed E-state index contributed by atoms with van der Waals surface area (Å²) in [6, 6.07) is 19.8. The standard InChI is InChI=1S/C8H8O2.C7H8/c9-7-10-6-8-4-2-1-3-5-8;1-7-5-3-2-4-6-7/h1-5,7H,6H2;2-6H,1H3. The molecule has 0 heterocycles. The first kappa shape index (κ1) is 13.0. The maximum absolute atomic E-state index is 9.76. The molecule has 2 heteroatoms. The number of rotatable bonds is 3. The Labute approximate surface area is 102 Å². The highest BCUT2D eigenvalue weighted by Crippen LogP contribution is 1.98. The molecule has 2 rings (SSSR count). The van der Waals surface area contributed by atoms with Crippen LogP contribution in [0.5, 0.6) is 0 Å². The highest BCUT2D eigenvalue weighted by molar-refractivity contribution is 5.37. The average Bonchev–Trinajstić information content (AvgIpc) is 2.39. The second-order valence-electron chi connectivity index (χ2n) is 3.55. The van der Waals surface area contributed by atoms with Gasteiger partial charge in [-0.2, -0.15) is 0 Å². The molecular weight excluding hydrogens is 212 g/mol. The predicted octanol–water partition coefficient (Wildman–Crippen LogP) is 3.35. The molecule has 0 fully saturated rings. The Morgan fingerprint density at radius 3 is 1.88 bits per heavy atom. The molecule has 17 heavy (non-hydrogen) atoms. The second-order valence-corrected chi connectivity index (χ2v) is 3.55. The molecule has 0 spiro atoms. The van der Waals surface area contributed by atoms with Crippen LogP contribution in [0.1, 0.15) is 11.1 Å². The first-order valence-electron chi connectivity index (χ1n) is 5.44. The van der Waals surface area contributed by atoms with Crippen molar-refractivity contribution in [3.05, 3.63) is 71.8 Å². The highest BCUT2D eigenvalue weighted by atomic mass is 16.5. The molecule has 2 nitrogen and oxygen atoms in total. The monoisotopic (exact) mass is 228 g/mol. The predicted molar refractivity (Wildman–Crippen MR) is 68.5 cm³/mol. The Balaban J connectivity index is 0.000000181. The summed E-state index contributed by atoms with van der Waals surface area (Å²) in [6.07, 6.45) is 0. The zero-order valence-corrected chi connectivity index (χ0v) is 9.87. The number of hydrogen-bond donors (Lipinski definition) is 0. The third-order valence-corrected chi connectivity index (χ3v) is 2.10. The van der Waals surface area contributed by atoms with Gasteiger partial charge in [-0.15, -0.1) is 0 Å². The van der Waals surface area contributed by atoms with Crippen LogP contribution >= 0.6 is 0 Å². The average molecular weight is 228 g/mol. The number of carbonyl (C=O) groups is 1. The van der Waals surface area contributed by atoms with Gasteiger partial charge in [-0.25, -0.2) is 0 Å². The van der Waals surface area contributed by atoms with Crippen LogP contribution in [0.2, 0.25) is 0 Å². The lowest BCUT2D eigenvalue weighted by molar-refractivity contribution is -0.129. The zero-order valence-electron chi connectivity index (χ0n) is 9.87. The van der Waals surface area contributed by atoms with Crippen LogP contribution in [0.15, 0.2) is 60.7 Å². The molecule has 0 saturated carbocycles. The van der Waals surface area contributed by atoms with E-state index >= 15 is 0 Å². The molecule has 0 amide bonds. The van der Waals surface area contributed by atoms with Crippen molar-refractivity contribution in [2.45, 2.75) is 13.5 Å². The fourth-order valence-electron chi connectivity index (χ4n) is 1.24. The summed E-state index contributed by atoms with van der Waals surface area (Å²) in [4.78, 5) is 9.76. The van der Waals surface area contributed by atoms with Gasteiger partial charge < -0.3 is 4.74 Å². The van der Waals surface area contributed by atoms with E-state index in [0.29, 0.717) is 13.1 Å². The first-order valence-corrected chi connectivity index (χ1v) is 5.44. The normalized spacial score (nSPS) is 8.76. The van der Waals surface area contributed by atoms with E-state index in [0.717, 1.165) is 5.56 Å². The Kier molecular flexibility index (Phi) is 6.19.